The predicted molar refractivity (Wildman–Crippen MR) is 71.5 cm³/mol. The lowest BCUT2D eigenvalue weighted by atomic mass is 10.0. The minimum Gasteiger partial charge on any atom is -0.195 e. The van der Waals surface area contributed by atoms with Crippen LogP contribution >= 0.6 is 11.6 Å². The molecule has 1 unspecified atom stereocenters. The van der Waals surface area contributed by atoms with Crippen LogP contribution in [0.1, 0.15) is 33.1 Å². The van der Waals surface area contributed by atoms with Gasteiger partial charge in [0, 0.05) is 32.1 Å². The summed E-state index contributed by atoms with van der Waals surface area (Å²) in [6.07, 6.45) is 2.63. The molecule has 1 fully saturated rings. The van der Waals surface area contributed by atoms with Crippen molar-refractivity contribution in [3.8, 4) is 0 Å². The molecule has 1 aliphatic rings. The summed E-state index contributed by atoms with van der Waals surface area (Å²) in [6.45, 7) is 5.30. The number of halogens is 1. The van der Waals surface area contributed by atoms with Crippen molar-refractivity contribution in [2.45, 2.75) is 39.2 Å². The fraction of sp³-hybridized carbons (Fsp3) is 1.00. The van der Waals surface area contributed by atoms with Gasteiger partial charge in [-0.2, -0.15) is 17.0 Å². The van der Waals surface area contributed by atoms with Crippen LogP contribution in [0.2, 0.25) is 0 Å². The number of alkyl halides is 1. The number of rotatable bonds is 6. The monoisotopic (exact) mass is 282 g/mol. The Labute approximate surface area is 110 Å². The summed E-state index contributed by atoms with van der Waals surface area (Å²) in [6, 6.07) is 0.151. The quantitative estimate of drug-likeness (QED) is 0.698. The molecule has 1 saturated heterocycles. The summed E-state index contributed by atoms with van der Waals surface area (Å²) in [5.74, 6) is 0.863. The molecule has 1 heterocycles. The molecule has 102 valence electrons. The molecule has 0 radical (unpaired) electrons. The summed E-state index contributed by atoms with van der Waals surface area (Å²) in [5, 5.41) is 0. The van der Waals surface area contributed by atoms with Crippen LogP contribution < -0.4 is 0 Å². The fourth-order valence-corrected chi connectivity index (χ4v) is 4.18. The average Bonchev–Trinajstić information content (AvgIpc) is 2.75. The van der Waals surface area contributed by atoms with Gasteiger partial charge in [0.25, 0.3) is 10.2 Å². The zero-order valence-corrected chi connectivity index (χ0v) is 12.5. The van der Waals surface area contributed by atoms with Crippen LogP contribution in [0.25, 0.3) is 0 Å². The molecule has 1 atom stereocenters. The molecular formula is C11H23ClN2O2S. The van der Waals surface area contributed by atoms with Gasteiger partial charge >= 0.3 is 0 Å². The second-order valence-corrected chi connectivity index (χ2v) is 7.30. The van der Waals surface area contributed by atoms with E-state index in [0.29, 0.717) is 31.3 Å². The van der Waals surface area contributed by atoms with Crippen molar-refractivity contribution in [1.82, 2.24) is 8.61 Å². The van der Waals surface area contributed by atoms with Crippen LogP contribution in [0.15, 0.2) is 0 Å². The molecule has 6 heteroatoms. The first-order valence-corrected chi connectivity index (χ1v) is 8.13. The zero-order valence-electron chi connectivity index (χ0n) is 10.9. The van der Waals surface area contributed by atoms with Crippen molar-refractivity contribution < 1.29 is 8.42 Å². The first-order chi connectivity index (χ1) is 7.91. The van der Waals surface area contributed by atoms with E-state index in [0.717, 1.165) is 12.8 Å². The van der Waals surface area contributed by atoms with Crippen LogP contribution in [0.3, 0.4) is 0 Å². The molecule has 0 N–H and O–H groups in total. The third kappa shape index (κ3) is 3.56. The third-order valence-corrected chi connectivity index (χ3v) is 5.60. The molecular weight excluding hydrogens is 260 g/mol. The fourth-order valence-electron chi connectivity index (χ4n) is 2.30. The molecule has 0 aromatic carbocycles. The van der Waals surface area contributed by atoms with Crippen molar-refractivity contribution in [2.75, 3.05) is 26.0 Å². The minimum atomic E-state index is -3.30. The highest BCUT2D eigenvalue weighted by atomic mass is 35.5. The molecule has 4 nitrogen and oxygen atoms in total. The Balaban J connectivity index is 2.75. The van der Waals surface area contributed by atoms with E-state index in [9.17, 15) is 8.42 Å². The first kappa shape index (κ1) is 15.2. The molecule has 0 aliphatic carbocycles. The molecule has 0 spiro atoms. The largest absolute Gasteiger partial charge is 0.281 e. The van der Waals surface area contributed by atoms with Gasteiger partial charge in [-0.15, -0.1) is 11.6 Å². The summed E-state index contributed by atoms with van der Waals surface area (Å²) < 4.78 is 27.8. The van der Waals surface area contributed by atoms with Gasteiger partial charge in [0.15, 0.2) is 0 Å². The van der Waals surface area contributed by atoms with Gasteiger partial charge < -0.3 is 0 Å². The van der Waals surface area contributed by atoms with Crippen LogP contribution in [-0.2, 0) is 10.2 Å². The Bertz CT molecular complexity index is 332. The van der Waals surface area contributed by atoms with Crippen molar-refractivity contribution in [3.63, 3.8) is 0 Å². The van der Waals surface area contributed by atoms with E-state index in [1.165, 1.54) is 4.31 Å². The molecule has 1 aliphatic heterocycles. The van der Waals surface area contributed by atoms with Crippen LogP contribution in [0, 0.1) is 5.92 Å². The van der Waals surface area contributed by atoms with Gasteiger partial charge in [-0.05, 0) is 25.2 Å². The topological polar surface area (TPSA) is 40.6 Å². The molecule has 17 heavy (non-hydrogen) atoms. The van der Waals surface area contributed by atoms with Gasteiger partial charge in [-0.25, -0.2) is 0 Å². The summed E-state index contributed by atoms with van der Waals surface area (Å²) >= 11 is 5.60. The lowest BCUT2D eigenvalue weighted by molar-refractivity contribution is 0.292. The van der Waals surface area contributed by atoms with E-state index >= 15 is 0 Å². The molecule has 0 aromatic rings. The predicted octanol–water partition coefficient (Wildman–Crippen LogP) is 1.91. The molecule has 0 aromatic heterocycles. The highest BCUT2D eigenvalue weighted by Gasteiger charge is 2.37. The van der Waals surface area contributed by atoms with Crippen LogP contribution in [0.4, 0.5) is 0 Å². The van der Waals surface area contributed by atoms with Gasteiger partial charge in [0.1, 0.15) is 0 Å². The zero-order chi connectivity index (χ0) is 13.1. The Morgan fingerprint density at radius 3 is 2.65 bits per heavy atom. The lowest BCUT2D eigenvalue weighted by Gasteiger charge is -2.30. The van der Waals surface area contributed by atoms with E-state index in [2.05, 4.69) is 13.8 Å². The third-order valence-electron chi connectivity index (χ3n) is 3.31. The number of hydrogen-bond acceptors (Lipinski definition) is 2. The van der Waals surface area contributed by atoms with Crippen molar-refractivity contribution in [2.24, 2.45) is 5.92 Å². The Kier molecular flexibility index (Phi) is 5.70. The van der Waals surface area contributed by atoms with Gasteiger partial charge in [-0.3, -0.25) is 0 Å². The van der Waals surface area contributed by atoms with Crippen LogP contribution in [0.5, 0.6) is 0 Å². The van der Waals surface area contributed by atoms with E-state index < -0.39 is 10.2 Å². The Hall–Kier alpha value is 0.160. The first-order valence-electron chi connectivity index (χ1n) is 6.20. The van der Waals surface area contributed by atoms with Gasteiger partial charge in [-0.1, -0.05) is 13.8 Å². The van der Waals surface area contributed by atoms with Crippen molar-refractivity contribution in [1.29, 1.82) is 0 Å². The van der Waals surface area contributed by atoms with E-state index in [-0.39, 0.29) is 6.04 Å². The molecule has 0 saturated carbocycles. The Morgan fingerprint density at radius 1 is 1.47 bits per heavy atom. The van der Waals surface area contributed by atoms with Crippen LogP contribution in [-0.4, -0.2) is 49.1 Å². The molecule has 0 amide bonds. The number of hydrogen-bond donors (Lipinski definition) is 0. The molecule has 1 rings (SSSR count). The normalized spacial score (nSPS) is 22.8. The minimum absolute atomic E-state index is 0.151. The highest BCUT2D eigenvalue weighted by molar-refractivity contribution is 7.86. The summed E-state index contributed by atoms with van der Waals surface area (Å²) in [7, 11) is -1.66. The molecule has 0 bridgehead atoms. The second-order valence-electron chi connectivity index (χ2n) is 4.94. The maximum atomic E-state index is 12.4. The SMILES string of the molecule is CC(C)C1CCCN1S(=O)(=O)N(C)CCCCl. The second kappa shape index (κ2) is 6.36. The van der Waals surface area contributed by atoms with E-state index in [1.54, 1.807) is 11.4 Å². The lowest BCUT2D eigenvalue weighted by Crippen LogP contribution is -2.46. The Morgan fingerprint density at radius 2 is 2.12 bits per heavy atom. The maximum Gasteiger partial charge on any atom is 0.281 e. The van der Waals surface area contributed by atoms with Gasteiger partial charge in [0.05, 0.1) is 0 Å². The van der Waals surface area contributed by atoms with E-state index in [4.69, 9.17) is 11.6 Å². The van der Waals surface area contributed by atoms with Gasteiger partial charge in [0.2, 0.25) is 0 Å². The van der Waals surface area contributed by atoms with E-state index in [1.807, 2.05) is 0 Å². The standard InChI is InChI=1S/C11H23ClN2O2S/c1-10(2)11-6-4-9-14(11)17(15,16)13(3)8-5-7-12/h10-11H,4-9H2,1-3H3. The smallest absolute Gasteiger partial charge is 0.195 e. The average molecular weight is 283 g/mol. The number of nitrogens with zero attached hydrogens (tertiary/aromatic N) is 2. The summed E-state index contributed by atoms with van der Waals surface area (Å²) in [5.41, 5.74) is 0. The van der Waals surface area contributed by atoms with Crippen molar-refractivity contribution >= 4 is 21.8 Å². The highest BCUT2D eigenvalue weighted by Crippen LogP contribution is 2.27. The maximum absolute atomic E-state index is 12.4. The summed E-state index contributed by atoms with van der Waals surface area (Å²) in [4.78, 5) is 0. The van der Waals surface area contributed by atoms with Crippen molar-refractivity contribution in [3.05, 3.63) is 0 Å².